The van der Waals surface area contributed by atoms with Crippen LogP contribution in [0.2, 0.25) is 5.02 Å². The minimum Gasteiger partial charge on any atom is -0.459 e. The monoisotopic (exact) mass is 264 g/mol. The van der Waals surface area contributed by atoms with E-state index < -0.39 is 0 Å². The second-order valence-corrected chi connectivity index (χ2v) is 4.40. The van der Waals surface area contributed by atoms with E-state index in [-0.39, 0.29) is 11.7 Å². The van der Waals surface area contributed by atoms with Gasteiger partial charge >= 0.3 is 0 Å². The van der Waals surface area contributed by atoms with Crippen molar-refractivity contribution in [3.05, 3.63) is 47.4 Å². The van der Waals surface area contributed by atoms with Gasteiger partial charge in [0.1, 0.15) is 0 Å². The van der Waals surface area contributed by atoms with E-state index in [1.165, 1.54) is 6.26 Å². The maximum atomic E-state index is 11.7. The summed E-state index contributed by atoms with van der Waals surface area (Å²) in [5.74, 6) is -0.0310. The van der Waals surface area contributed by atoms with Crippen LogP contribution in [0.1, 0.15) is 10.6 Å². The number of rotatable bonds is 3. The topological polar surface area (TPSA) is 45.5 Å². The van der Waals surface area contributed by atoms with Gasteiger partial charge in [-0.3, -0.25) is 4.79 Å². The molecule has 0 spiro atoms. The van der Waals surface area contributed by atoms with Gasteiger partial charge in [0.25, 0.3) is 5.91 Å². The second-order valence-electron chi connectivity index (χ2n) is 3.99. The van der Waals surface area contributed by atoms with Gasteiger partial charge in [0.05, 0.1) is 17.0 Å². The summed E-state index contributed by atoms with van der Waals surface area (Å²) < 4.78 is 5.01. The number of furan rings is 1. The van der Waals surface area contributed by atoms with Crippen LogP contribution in [0.5, 0.6) is 0 Å². The van der Waals surface area contributed by atoms with Crippen molar-refractivity contribution in [1.29, 1.82) is 0 Å². The summed E-state index contributed by atoms with van der Waals surface area (Å²) in [5.41, 5.74) is 1.53. The van der Waals surface area contributed by atoms with E-state index in [0.717, 1.165) is 5.69 Å². The SMILES string of the molecule is CN(C)c1ccc(NC(=O)c2ccco2)cc1Cl. The van der Waals surface area contributed by atoms with Crippen LogP contribution in [-0.2, 0) is 0 Å². The summed E-state index contributed by atoms with van der Waals surface area (Å²) in [6, 6.07) is 8.61. The van der Waals surface area contributed by atoms with Crippen LogP contribution in [0.15, 0.2) is 41.0 Å². The van der Waals surface area contributed by atoms with Gasteiger partial charge in [0.15, 0.2) is 5.76 Å². The van der Waals surface area contributed by atoms with Crippen molar-refractivity contribution < 1.29 is 9.21 Å². The lowest BCUT2D eigenvalue weighted by Gasteiger charge is -2.15. The molecule has 0 aliphatic heterocycles. The van der Waals surface area contributed by atoms with E-state index in [4.69, 9.17) is 16.0 Å². The molecule has 0 unspecified atom stereocenters. The molecule has 0 aliphatic rings. The molecule has 2 aromatic rings. The van der Waals surface area contributed by atoms with E-state index in [1.54, 1.807) is 24.3 Å². The number of amides is 1. The second kappa shape index (κ2) is 5.14. The van der Waals surface area contributed by atoms with Gasteiger partial charge in [-0.2, -0.15) is 0 Å². The number of hydrogen-bond donors (Lipinski definition) is 1. The summed E-state index contributed by atoms with van der Waals surface area (Å²) >= 11 is 6.12. The molecule has 1 aromatic carbocycles. The summed E-state index contributed by atoms with van der Waals surface area (Å²) in [4.78, 5) is 13.7. The van der Waals surface area contributed by atoms with Crippen molar-refractivity contribution in [2.24, 2.45) is 0 Å². The third-order valence-electron chi connectivity index (χ3n) is 2.43. The van der Waals surface area contributed by atoms with E-state index in [1.807, 2.05) is 25.1 Å². The maximum Gasteiger partial charge on any atom is 0.291 e. The predicted molar refractivity (Wildman–Crippen MR) is 72.4 cm³/mol. The number of nitrogens with one attached hydrogen (secondary N) is 1. The zero-order valence-corrected chi connectivity index (χ0v) is 10.9. The Morgan fingerprint density at radius 2 is 2.11 bits per heavy atom. The molecule has 0 atom stereocenters. The molecule has 1 amide bonds. The van der Waals surface area contributed by atoms with E-state index >= 15 is 0 Å². The predicted octanol–water partition coefficient (Wildman–Crippen LogP) is 3.25. The Morgan fingerprint density at radius 1 is 1.33 bits per heavy atom. The lowest BCUT2D eigenvalue weighted by Crippen LogP contribution is -2.12. The highest BCUT2D eigenvalue weighted by Gasteiger charge is 2.10. The smallest absolute Gasteiger partial charge is 0.291 e. The average molecular weight is 265 g/mol. The Morgan fingerprint density at radius 3 is 2.67 bits per heavy atom. The first-order valence-corrected chi connectivity index (χ1v) is 5.77. The zero-order valence-electron chi connectivity index (χ0n) is 10.1. The number of anilines is 2. The molecule has 5 heteroatoms. The molecule has 1 aromatic heterocycles. The van der Waals surface area contributed by atoms with Crippen molar-refractivity contribution in [3.63, 3.8) is 0 Å². The highest BCUT2D eigenvalue weighted by atomic mass is 35.5. The van der Waals surface area contributed by atoms with Gasteiger partial charge in [-0.05, 0) is 30.3 Å². The molecule has 2 rings (SSSR count). The van der Waals surface area contributed by atoms with E-state index in [0.29, 0.717) is 10.7 Å². The molecule has 18 heavy (non-hydrogen) atoms. The molecular weight excluding hydrogens is 252 g/mol. The molecule has 1 heterocycles. The third kappa shape index (κ3) is 2.65. The molecule has 0 saturated heterocycles. The molecule has 94 valence electrons. The minimum absolute atomic E-state index is 0.266. The molecule has 0 fully saturated rings. The molecule has 0 saturated carbocycles. The third-order valence-corrected chi connectivity index (χ3v) is 2.74. The highest BCUT2D eigenvalue weighted by Crippen LogP contribution is 2.27. The van der Waals surface area contributed by atoms with Gasteiger partial charge in [0.2, 0.25) is 0 Å². The van der Waals surface area contributed by atoms with Crippen molar-refractivity contribution >= 4 is 28.9 Å². The number of carbonyl (C=O) groups is 1. The fourth-order valence-corrected chi connectivity index (χ4v) is 1.90. The van der Waals surface area contributed by atoms with Crippen molar-refractivity contribution in [2.45, 2.75) is 0 Å². The van der Waals surface area contributed by atoms with Gasteiger partial charge in [0, 0.05) is 19.8 Å². The Balaban J connectivity index is 2.16. The maximum absolute atomic E-state index is 11.7. The van der Waals surface area contributed by atoms with Gasteiger partial charge in [-0.25, -0.2) is 0 Å². The molecule has 0 aliphatic carbocycles. The average Bonchev–Trinajstić information content (AvgIpc) is 2.81. The van der Waals surface area contributed by atoms with Crippen LogP contribution in [0, 0.1) is 0 Å². The first-order chi connectivity index (χ1) is 8.58. The summed E-state index contributed by atoms with van der Waals surface area (Å²) in [7, 11) is 3.81. The van der Waals surface area contributed by atoms with Gasteiger partial charge in [-0.15, -0.1) is 0 Å². The Labute approximate surface area is 110 Å². The van der Waals surface area contributed by atoms with Crippen LogP contribution < -0.4 is 10.2 Å². The fraction of sp³-hybridized carbons (Fsp3) is 0.154. The summed E-state index contributed by atoms with van der Waals surface area (Å²) in [5, 5.41) is 3.30. The zero-order chi connectivity index (χ0) is 13.1. The lowest BCUT2D eigenvalue weighted by atomic mass is 10.2. The molecule has 1 N–H and O–H groups in total. The first kappa shape index (κ1) is 12.5. The molecule has 4 nitrogen and oxygen atoms in total. The largest absolute Gasteiger partial charge is 0.459 e. The molecule has 0 radical (unpaired) electrons. The van der Waals surface area contributed by atoms with Gasteiger partial charge in [-0.1, -0.05) is 11.6 Å². The van der Waals surface area contributed by atoms with Crippen molar-refractivity contribution in [2.75, 3.05) is 24.3 Å². The standard InChI is InChI=1S/C13H13ClN2O2/c1-16(2)11-6-5-9(8-10(11)14)15-13(17)12-4-3-7-18-12/h3-8H,1-2H3,(H,15,17). The first-order valence-electron chi connectivity index (χ1n) is 5.39. The molecular formula is C13H13ClN2O2. The van der Waals surface area contributed by atoms with Crippen LogP contribution in [0.25, 0.3) is 0 Å². The lowest BCUT2D eigenvalue weighted by molar-refractivity contribution is 0.0996. The summed E-state index contributed by atoms with van der Waals surface area (Å²) in [6.07, 6.45) is 1.46. The van der Waals surface area contributed by atoms with Crippen molar-refractivity contribution in [3.8, 4) is 0 Å². The number of hydrogen-bond acceptors (Lipinski definition) is 3. The Bertz CT molecular complexity index is 550. The molecule has 0 bridgehead atoms. The minimum atomic E-state index is -0.298. The van der Waals surface area contributed by atoms with Crippen LogP contribution in [0.3, 0.4) is 0 Å². The number of benzene rings is 1. The van der Waals surface area contributed by atoms with Crippen LogP contribution in [0.4, 0.5) is 11.4 Å². The number of nitrogens with zero attached hydrogens (tertiary/aromatic N) is 1. The van der Waals surface area contributed by atoms with Crippen molar-refractivity contribution in [1.82, 2.24) is 0 Å². The van der Waals surface area contributed by atoms with E-state index in [2.05, 4.69) is 5.32 Å². The van der Waals surface area contributed by atoms with Gasteiger partial charge < -0.3 is 14.6 Å². The fourth-order valence-electron chi connectivity index (χ4n) is 1.55. The number of halogens is 1. The van der Waals surface area contributed by atoms with Crippen LogP contribution >= 0.6 is 11.6 Å². The quantitative estimate of drug-likeness (QED) is 0.926. The number of carbonyl (C=O) groups excluding carboxylic acids is 1. The Kier molecular flexibility index (Phi) is 3.58. The van der Waals surface area contributed by atoms with E-state index in [9.17, 15) is 4.79 Å². The normalized spacial score (nSPS) is 10.2. The summed E-state index contributed by atoms with van der Waals surface area (Å²) in [6.45, 7) is 0. The van der Waals surface area contributed by atoms with Crippen LogP contribution in [-0.4, -0.2) is 20.0 Å². The Hall–Kier alpha value is -1.94. The highest BCUT2D eigenvalue weighted by molar-refractivity contribution is 6.33.